The summed E-state index contributed by atoms with van der Waals surface area (Å²) in [5.74, 6) is 0. The summed E-state index contributed by atoms with van der Waals surface area (Å²) in [4.78, 5) is 0.260. The van der Waals surface area contributed by atoms with Gasteiger partial charge < -0.3 is 0 Å². The van der Waals surface area contributed by atoms with Gasteiger partial charge in [0.15, 0.2) is 0 Å². The molecule has 0 amide bonds. The maximum atomic E-state index is 13.0. The number of hydrogen-bond acceptors (Lipinski definition) is 4. The molecule has 4 aromatic carbocycles. The van der Waals surface area contributed by atoms with Crippen LogP contribution < -0.4 is 9.44 Å². The fourth-order valence-corrected chi connectivity index (χ4v) is 6.96. The Morgan fingerprint density at radius 1 is 0.500 bits per heavy atom. The van der Waals surface area contributed by atoms with Crippen molar-refractivity contribution in [2.24, 2.45) is 0 Å². The van der Waals surface area contributed by atoms with Gasteiger partial charge in [-0.05, 0) is 81.6 Å². The molecule has 4 rings (SSSR count). The molecule has 4 aromatic rings. The van der Waals surface area contributed by atoms with E-state index in [1.807, 2.05) is 0 Å². The average Bonchev–Trinajstić information content (AvgIpc) is 2.90. The van der Waals surface area contributed by atoms with E-state index >= 15 is 0 Å². The highest BCUT2D eigenvalue weighted by molar-refractivity contribution is 7.93. The van der Waals surface area contributed by atoms with Gasteiger partial charge in [0.2, 0.25) is 0 Å². The summed E-state index contributed by atoms with van der Waals surface area (Å²) in [6.07, 6.45) is 0. The summed E-state index contributed by atoms with van der Waals surface area (Å²) >= 11 is 12.9. The zero-order valence-electron chi connectivity index (χ0n) is 24.3. The lowest BCUT2D eigenvalue weighted by Gasteiger charge is -2.19. The van der Waals surface area contributed by atoms with Gasteiger partial charge in [-0.3, -0.25) is 9.44 Å². The Morgan fingerprint density at radius 2 is 0.810 bits per heavy atom. The highest BCUT2D eigenvalue weighted by Crippen LogP contribution is 2.35. The van der Waals surface area contributed by atoms with E-state index in [1.165, 1.54) is 0 Å². The maximum Gasteiger partial charge on any atom is 0.261 e. The number of benzene rings is 4. The summed E-state index contributed by atoms with van der Waals surface area (Å²) in [6, 6.07) is 23.3. The van der Waals surface area contributed by atoms with Crippen molar-refractivity contribution in [1.82, 2.24) is 0 Å². The Kier molecular flexibility index (Phi) is 8.78. The van der Waals surface area contributed by atoms with Crippen molar-refractivity contribution < 1.29 is 16.8 Å². The highest BCUT2D eigenvalue weighted by Gasteiger charge is 2.21. The lowest BCUT2D eigenvalue weighted by molar-refractivity contribution is 0.587. The van der Waals surface area contributed by atoms with Crippen LogP contribution in [0.1, 0.15) is 52.7 Å². The molecule has 0 aliphatic rings. The number of anilines is 2. The van der Waals surface area contributed by atoms with Crippen molar-refractivity contribution in [2.45, 2.75) is 62.2 Å². The maximum absolute atomic E-state index is 13.0. The molecule has 0 unspecified atom stereocenters. The number of halogens is 2. The minimum Gasteiger partial charge on any atom is -0.278 e. The number of hydrogen-bond donors (Lipinski definition) is 2. The van der Waals surface area contributed by atoms with Gasteiger partial charge in [0, 0.05) is 0 Å². The molecule has 222 valence electrons. The highest BCUT2D eigenvalue weighted by atomic mass is 35.5. The fraction of sp³-hybridized carbons (Fsp3) is 0.250. The van der Waals surface area contributed by atoms with E-state index in [9.17, 15) is 16.8 Å². The predicted octanol–water partition coefficient (Wildman–Crippen LogP) is 8.86. The smallest absolute Gasteiger partial charge is 0.261 e. The molecule has 0 saturated carbocycles. The van der Waals surface area contributed by atoms with E-state index < -0.39 is 20.0 Å². The van der Waals surface area contributed by atoms with Crippen LogP contribution in [0.3, 0.4) is 0 Å². The van der Waals surface area contributed by atoms with Crippen LogP contribution in [-0.4, -0.2) is 16.8 Å². The fourth-order valence-electron chi connectivity index (χ4n) is 4.23. The first-order chi connectivity index (χ1) is 19.4. The molecule has 0 bridgehead atoms. The summed E-state index contributed by atoms with van der Waals surface area (Å²) in [6.45, 7) is 12.3. The van der Waals surface area contributed by atoms with E-state index in [2.05, 4.69) is 51.0 Å². The molecular weight excluding hydrogens is 611 g/mol. The largest absolute Gasteiger partial charge is 0.278 e. The number of sulfonamides is 2. The van der Waals surface area contributed by atoms with Gasteiger partial charge in [-0.1, -0.05) is 101 Å². The number of rotatable bonds is 7. The molecule has 0 aliphatic carbocycles. The number of nitrogens with one attached hydrogen (secondary N) is 2. The lowest BCUT2D eigenvalue weighted by atomic mass is 9.87. The third-order valence-electron chi connectivity index (χ3n) is 6.82. The van der Waals surface area contributed by atoms with Crippen molar-refractivity contribution in [3.05, 3.63) is 106 Å². The van der Waals surface area contributed by atoms with Crippen molar-refractivity contribution in [3.8, 4) is 11.1 Å². The first-order valence-electron chi connectivity index (χ1n) is 13.2. The monoisotopic (exact) mass is 644 g/mol. The first-order valence-corrected chi connectivity index (χ1v) is 17.0. The summed E-state index contributed by atoms with van der Waals surface area (Å²) in [5.41, 5.74) is 3.66. The Morgan fingerprint density at radius 3 is 1.07 bits per heavy atom. The summed E-state index contributed by atoms with van der Waals surface area (Å²) in [7, 11) is -7.72. The van der Waals surface area contributed by atoms with Crippen LogP contribution in [0.15, 0.2) is 94.7 Å². The third-order valence-corrected chi connectivity index (χ3v) is 10.2. The van der Waals surface area contributed by atoms with Crippen LogP contribution in [0.2, 0.25) is 10.0 Å². The Labute approximate surface area is 259 Å². The van der Waals surface area contributed by atoms with Crippen LogP contribution in [0, 0.1) is 0 Å². The second-order valence-electron chi connectivity index (χ2n) is 12.1. The van der Waals surface area contributed by atoms with E-state index in [0.717, 1.165) is 11.1 Å². The van der Waals surface area contributed by atoms with Gasteiger partial charge >= 0.3 is 0 Å². The molecule has 10 heteroatoms. The zero-order chi connectivity index (χ0) is 31.1. The molecule has 2 N–H and O–H groups in total. The minimum absolute atomic E-state index is 0.0986. The van der Waals surface area contributed by atoms with Crippen LogP contribution in [-0.2, 0) is 30.9 Å². The van der Waals surface area contributed by atoms with Crippen molar-refractivity contribution in [3.63, 3.8) is 0 Å². The molecule has 0 radical (unpaired) electrons. The van der Waals surface area contributed by atoms with Crippen molar-refractivity contribution in [2.75, 3.05) is 9.44 Å². The van der Waals surface area contributed by atoms with Crippen LogP contribution in [0.5, 0.6) is 0 Å². The molecule has 42 heavy (non-hydrogen) atoms. The summed E-state index contributed by atoms with van der Waals surface area (Å²) in [5, 5.41) is 0.393. The molecule has 0 fully saturated rings. The molecule has 0 atom stereocenters. The molecule has 0 aromatic heterocycles. The van der Waals surface area contributed by atoms with Gasteiger partial charge in [0.05, 0.1) is 31.2 Å². The Bertz CT molecular complexity index is 1690. The van der Waals surface area contributed by atoms with Crippen molar-refractivity contribution >= 4 is 54.6 Å². The predicted molar refractivity (Wildman–Crippen MR) is 174 cm³/mol. The zero-order valence-corrected chi connectivity index (χ0v) is 27.4. The third kappa shape index (κ3) is 7.29. The summed E-state index contributed by atoms with van der Waals surface area (Å²) < 4.78 is 57.0. The molecule has 0 heterocycles. The van der Waals surface area contributed by atoms with Crippen molar-refractivity contribution in [1.29, 1.82) is 0 Å². The SMILES string of the molecule is CC(C)(C)c1ccc(S(=O)(=O)Nc2ccc(-c3ccc(NS(=O)(=O)c4ccc(C(C)(C)C)cc4)c(Cl)c3)cc2Cl)cc1. The Hall–Kier alpha value is -3.04. The van der Waals surface area contributed by atoms with E-state index in [0.29, 0.717) is 11.1 Å². The van der Waals surface area contributed by atoms with Gasteiger partial charge in [0.25, 0.3) is 20.0 Å². The second kappa shape index (κ2) is 11.6. The van der Waals surface area contributed by atoms with Gasteiger partial charge in [-0.25, -0.2) is 16.8 Å². The van der Waals surface area contributed by atoms with Crippen LogP contribution in [0.4, 0.5) is 11.4 Å². The normalized spacial score (nSPS) is 12.7. The van der Waals surface area contributed by atoms with Gasteiger partial charge in [-0.15, -0.1) is 0 Å². The molecule has 6 nitrogen and oxygen atoms in total. The topological polar surface area (TPSA) is 92.3 Å². The van der Waals surface area contributed by atoms with Crippen LogP contribution >= 0.6 is 23.2 Å². The average molecular weight is 646 g/mol. The molecule has 0 saturated heterocycles. The van der Waals surface area contributed by atoms with Gasteiger partial charge in [-0.2, -0.15) is 0 Å². The quantitative estimate of drug-likeness (QED) is 0.210. The van der Waals surface area contributed by atoms with E-state index in [1.54, 1.807) is 84.9 Å². The van der Waals surface area contributed by atoms with E-state index in [-0.39, 0.29) is 42.0 Å². The molecule has 0 aliphatic heterocycles. The lowest BCUT2D eigenvalue weighted by Crippen LogP contribution is -2.15. The molecule has 0 spiro atoms. The standard InChI is InChI=1S/C32H34Cl2N2O4S2/c1-31(2,3)23-9-13-25(14-10-23)41(37,38)35-29-17-7-21(19-27(29)33)22-8-18-30(28(34)20-22)36-42(39,40)26-15-11-24(12-16-26)32(4,5)6/h7-20,35-36H,1-6H3. The van der Waals surface area contributed by atoms with Gasteiger partial charge in [0.1, 0.15) is 0 Å². The second-order valence-corrected chi connectivity index (χ2v) is 16.3. The van der Waals surface area contributed by atoms with E-state index in [4.69, 9.17) is 23.2 Å². The Balaban J connectivity index is 1.51. The molecular formula is C32H34Cl2N2O4S2. The minimum atomic E-state index is -3.86. The first kappa shape index (κ1) is 31.9. The van der Waals surface area contributed by atoms with Crippen LogP contribution in [0.25, 0.3) is 11.1 Å².